The normalized spacial score (nSPS) is 16.1. The predicted molar refractivity (Wildman–Crippen MR) is 95.1 cm³/mol. The Balaban J connectivity index is 0.00000288. The highest BCUT2D eigenvalue weighted by molar-refractivity contribution is 5.93. The Hall–Kier alpha value is -1.60. The number of carbonyl (C=O) groups is 2. The maximum absolute atomic E-state index is 12.3. The molecule has 1 atom stereocenters. The molecule has 1 fully saturated rings. The number of nitrogens with two attached hydrogens (primary N) is 1. The van der Waals surface area contributed by atoms with Crippen molar-refractivity contribution in [1.82, 2.24) is 20.0 Å². The van der Waals surface area contributed by atoms with Crippen LogP contribution in [0.3, 0.4) is 0 Å². The van der Waals surface area contributed by atoms with Crippen LogP contribution >= 0.6 is 12.4 Å². The Morgan fingerprint density at radius 3 is 2.71 bits per heavy atom. The van der Waals surface area contributed by atoms with Gasteiger partial charge >= 0.3 is 0 Å². The van der Waals surface area contributed by atoms with Crippen LogP contribution in [-0.2, 0) is 11.3 Å². The van der Waals surface area contributed by atoms with Crippen molar-refractivity contribution in [2.75, 3.05) is 13.6 Å². The van der Waals surface area contributed by atoms with Gasteiger partial charge in [0, 0.05) is 31.9 Å². The fraction of sp³-hybridized carbons (Fsp3) is 0.688. The highest BCUT2D eigenvalue weighted by Gasteiger charge is 2.19. The van der Waals surface area contributed by atoms with Gasteiger partial charge in [-0.15, -0.1) is 12.4 Å². The number of nitrogens with zero attached hydrogens (tertiary/aromatic N) is 3. The fourth-order valence-corrected chi connectivity index (χ4v) is 2.79. The van der Waals surface area contributed by atoms with Gasteiger partial charge in [-0.1, -0.05) is 19.3 Å². The maximum atomic E-state index is 12.3. The summed E-state index contributed by atoms with van der Waals surface area (Å²) < 4.78 is 1.51. The zero-order valence-electron chi connectivity index (χ0n) is 14.4. The number of rotatable bonds is 6. The van der Waals surface area contributed by atoms with Crippen molar-refractivity contribution in [3.8, 4) is 0 Å². The summed E-state index contributed by atoms with van der Waals surface area (Å²) in [5.74, 6) is -0.190. The van der Waals surface area contributed by atoms with Crippen molar-refractivity contribution in [3.05, 3.63) is 18.0 Å². The van der Waals surface area contributed by atoms with Gasteiger partial charge in [-0.25, -0.2) is 0 Å². The standard InChI is InChI=1S/C16H27N5O2.ClH/c1-12(8-17)20(2)16(23)13-9-18-21(10-13)11-15(22)19-14-6-4-3-5-7-14;/h9-10,12,14H,3-8,11,17H2,1-2H3,(H,19,22);1H. The minimum Gasteiger partial charge on any atom is -0.352 e. The van der Waals surface area contributed by atoms with Crippen LogP contribution in [0.4, 0.5) is 0 Å². The predicted octanol–water partition coefficient (Wildman–Crippen LogP) is 1.17. The third kappa shape index (κ3) is 5.49. The number of nitrogens with one attached hydrogen (secondary N) is 1. The molecule has 3 N–H and O–H groups in total. The number of hydrogen-bond acceptors (Lipinski definition) is 4. The molecule has 1 aromatic rings. The minimum absolute atomic E-state index is 0. The van der Waals surface area contributed by atoms with E-state index in [-0.39, 0.29) is 42.8 Å². The van der Waals surface area contributed by atoms with Crippen molar-refractivity contribution in [2.45, 2.75) is 57.7 Å². The van der Waals surface area contributed by atoms with Gasteiger partial charge in [0.2, 0.25) is 5.91 Å². The van der Waals surface area contributed by atoms with Crippen molar-refractivity contribution in [2.24, 2.45) is 5.73 Å². The van der Waals surface area contributed by atoms with Gasteiger partial charge in [-0.3, -0.25) is 14.3 Å². The Labute approximate surface area is 149 Å². The van der Waals surface area contributed by atoms with Crippen LogP contribution in [0.5, 0.6) is 0 Å². The van der Waals surface area contributed by atoms with Gasteiger partial charge in [0.25, 0.3) is 5.91 Å². The Morgan fingerprint density at radius 2 is 2.08 bits per heavy atom. The van der Waals surface area contributed by atoms with E-state index in [1.54, 1.807) is 18.1 Å². The van der Waals surface area contributed by atoms with E-state index in [0.29, 0.717) is 12.1 Å². The second kappa shape index (κ2) is 9.64. The van der Waals surface area contributed by atoms with Crippen LogP contribution in [0.1, 0.15) is 49.4 Å². The lowest BCUT2D eigenvalue weighted by Gasteiger charge is -2.23. The second-order valence-corrected chi connectivity index (χ2v) is 6.33. The average molecular weight is 358 g/mol. The molecular weight excluding hydrogens is 330 g/mol. The van der Waals surface area contributed by atoms with E-state index in [1.807, 2.05) is 6.92 Å². The summed E-state index contributed by atoms with van der Waals surface area (Å²) in [5.41, 5.74) is 6.05. The topological polar surface area (TPSA) is 93.2 Å². The molecule has 7 nitrogen and oxygen atoms in total. The molecule has 1 saturated carbocycles. The van der Waals surface area contributed by atoms with E-state index in [2.05, 4.69) is 10.4 Å². The van der Waals surface area contributed by atoms with E-state index in [0.717, 1.165) is 12.8 Å². The van der Waals surface area contributed by atoms with Crippen molar-refractivity contribution in [3.63, 3.8) is 0 Å². The molecule has 1 aliphatic carbocycles. The first-order valence-corrected chi connectivity index (χ1v) is 8.30. The minimum atomic E-state index is -0.137. The van der Waals surface area contributed by atoms with E-state index in [1.165, 1.54) is 30.1 Å². The SMILES string of the molecule is CC(CN)N(C)C(=O)c1cnn(CC(=O)NC2CCCCC2)c1.Cl. The summed E-state index contributed by atoms with van der Waals surface area (Å²) in [6, 6.07) is 0.241. The summed E-state index contributed by atoms with van der Waals surface area (Å²) >= 11 is 0. The van der Waals surface area contributed by atoms with Gasteiger partial charge < -0.3 is 16.0 Å². The molecular formula is C16H28ClN5O2. The molecule has 0 spiro atoms. The summed E-state index contributed by atoms with van der Waals surface area (Å²) in [5, 5.41) is 7.16. The van der Waals surface area contributed by atoms with Crippen LogP contribution in [0, 0.1) is 0 Å². The third-order valence-electron chi connectivity index (χ3n) is 4.48. The van der Waals surface area contributed by atoms with Crippen molar-refractivity contribution >= 4 is 24.2 Å². The Bertz CT molecular complexity index is 542. The Morgan fingerprint density at radius 1 is 1.42 bits per heavy atom. The lowest BCUT2D eigenvalue weighted by Crippen LogP contribution is -2.39. The molecule has 0 radical (unpaired) electrons. The molecule has 0 aromatic carbocycles. The fourth-order valence-electron chi connectivity index (χ4n) is 2.79. The quantitative estimate of drug-likeness (QED) is 0.799. The van der Waals surface area contributed by atoms with Crippen LogP contribution in [0.15, 0.2) is 12.4 Å². The molecule has 1 aromatic heterocycles. The Kier molecular flexibility index (Phi) is 8.21. The highest BCUT2D eigenvalue weighted by atomic mass is 35.5. The smallest absolute Gasteiger partial charge is 0.257 e. The second-order valence-electron chi connectivity index (χ2n) is 6.33. The van der Waals surface area contributed by atoms with Crippen molar-refractivity contribution < 1.29 is 9.59 Å². The lowest BCUT2D eigenvalue weighted by atomic mass is 9.95. The average Bonchev–Trinajstić information content (AvgIpc) is 3.01. The zero-order valence-corrected chi connectivity index (χ0v) is 15.2. The summed E-state index contributed by atoms with van der Waals surface area (Å²) in [4.78, 5) is 25.9. The summed E-state index contributed by atoms with van der Waals surface area (Å²) in [6.07, 6.45) is 8.82. The van der Waals surface area contributed by atoms with Crippen molar-refractivity contribution in [1.29, 1.82) is 0 Å². The number of carbonyl (C=O) groups excluding carboxylic acids is 2. The van der Waals surface area contributed by atoms with Gasteiger partial charge in [0.15, 0.2) is 0 Å². The summed E-state index contributed by atoms with van der Waals surface area (Å²) in [6.45, 7) is 2.43. The molecule has 136 valence electrons. The molecule has 0 saturated heterocycles. The molecule has 8 heteroatoms. The first-order valence-electron chi connectivity index (χ1n) is 8.30. The van der Waals surface area contributed by atoms with Gasteiger partial charge in [0.05, 0.1) is 11.8 Å². The summed E-state index contributed by atoms with van der Waals surface area (Å²) in [7, 11) is 1.72. The molecule has 1 heterocycles. The monoisotopic (exact) mass is 357 g/mol. The molecule has 2 rings (SSSR count). The van der Waals surface area contributed by atoms with E-state index < -0.39 is 0 Å². The van der Waals surface area contributed by atoms with E-state index in [9.17, 15) is 9.59 Å². The van der Waals surface area contributed by atoms with Crippen LogP contribution in [0.2, 0.25) is 0 Å². The number of aromatic nitrogens is 2. The molecule has 1 unspecified atom stereocenters. The zero-order chi connectivity index (χ0) is 16.8. The number of amides is 2. The third-order valence-corrected chi connectivity index (χ3v) is 4.48. The van der Waals surface area contributed by atoms with Gasteiger partial charge in [-0.05, 0) is 19.8 Å². The molecule has 24 heavy (non-hydrogen) atoms. The van der Waals surface area contributed by atoms with Crippen LogP contribution in [0.25, 0.3) is 0 Å². The first kappa shape index (κ1) is 20.4. The first-order chi connectivity index (χ1) is 11.0. The number of halogens is 1. The van der Waals surface area contributed by atoms with E-state index >= 15 is 0 Å². The molecule has 0 bridgehead atoms. The van der Waals surface area contributed by atoms with Crippen LogP contribution < -0.4 is 11.1 Å². The van der Waals surface area contributed by atoms with E-state index in [4.69, 9.17) is 5.73 Å². The van der Waals surface area contributed by atoms with Crippen LogP contribution in [-0.4, -0.2) is 52.2 Å². The molecule has 1 aliphatic rings. The van der Waals surface area contributed by atoms with Gasteiger partial charge in [-0.2, -0.15) is 5.10 Å². The molecule has 0 aliphatic heterocycles. The van der Waals surface area contributed by atoms with Gasteiger partial charge in [0.1, 0.15) is 6.54 Å². The number of hydrogen-bond donors (Lipinski definition) is 2. The highest BCUT2D eigenvalue weighted by Crippen LogP contribution is 2.17. The largest absolute Gasteiger partial charge is 0.352 e. The number of likely N-dealkylation sites (N-methyl/N-ethyl adjacent to an activating group) is 1. The maximum Gasteiger partial charge on any atom is 0.257 e. The molecule has 2 amide bonds. The lowest BCUT2D eigenvalue weighted by molar-refractivity contribution is -0.122.